The molecule has 0 aromatic carbocycles. The predicted molar refractivity (Wildman–Crippen MR) is 60.0 cm³/mol. The van der Waals surface area contributed by atoms with Crippen molar-refractivity contribution in [1.82, 2.24) is 9.80 Å². The topological polar surface area (TPSA) is 43.8 Å². The van der Waals surface area contributed by atoms with Crippen molar-refractivity contribution < 1.29 is 9.90 Å². The molecule has 1 heterocycles. The molecule has 15 heavy (non-hydrogen) atoms. The first-order chi connectivity index (χ1) is 7.06. The largest absolute Gasteiger partial charge is 0.480 e. The molecule has 0 aromatic heterocycles. The van der Waals surface area contributed by atoms with E-state index in [0.29, 0.717) is 12.5 Å². The van der Waals surface area contributed by atoms with Crippen LogP contribution in [0.15, 0.2) is 0 Å². The van der Waals surface area contributed by atoms with E-state index in [1.54, 1.807) is 0 Å². The van der Waals surface area contributed by atoms with E-state index in [9.17, 15) is 4.79 Å². The van der Waals surface area contributed by atoms with Crippen molar-refractivity contribution >= 4 is 5.97 Å². The van der Waals surface area contributed by atoms with E-state index >= 15 is 0 Å². The van der Waals surface area contributed by atoms with Gasteiger partial charge in [0.15, 0.2) is 0 Å². The van der Waals surface area contributed by atoms with Gasteiger partial charge < -0.3 is 10.0 Å². The maximum atomic E-state index is 11.1. The van der Waals surface area contributed by atoms with Crippen LogP contribution < -0.4 is 0 Å². The molecular weight excluding hydrogens is 192 g/mol. The molecule has 1 aliphatic rings. The van der Waals surface area contributed by atoms with Gasteiger partial charge in [-0.25, -0.2) is 0 Å². The van der Waals surface area contributed by atoms with Crippen LogP contribution in [-0.2, 0) is 4.79 Å². The molecule has 0 radical (unpaired) electrons. The summed E-state index contributed by atoms with van der Waals surface area (Å²) in [6.07, 6.45) is 2.95. The van der Waals surface area contributed by atoms with E-state index in [2.05, 4.69) is 9.80 Å². The fourth-order valence-electron chi connectivity index (χ4n) is 2.44. The molecule has 4 heteroatoms. The van der Waals surface area contributed by atoms with Gasteiger partial charge in [-0.15, -0.1) is 0 Å². The number of carbonyl (C=O) groups is 1. The number of likely N-dealkylation sites (N-methyl/N-ethyl adjacent to an activating group) is 1. The Balaban J connectivity index is 2.61. The number of rotatable bonds is 5. The number of carboxylic acids is 1. The van der Waals surface area contributed by atoms with Gasteiger partial charge in [0.2, 0.25) is 0 Å². The van der Waals surface area contributed by atoms with Gasteiger partial charge in [0.1, 0.15) is 6.04 Å². The van der Waals surface area contributed by atoms with Crippen molar-refractivity contribution in [3.8, 4) is 0 Å². The standard InChI is InChI=1S/C11H22N2O2/c1-4-10(11(14)15)13-7-5-6-9(13)8-12(2)3/h9-10H,4-8H2,1-3H3,(H,14,15). The molecule has 88 valence electrons. The van der Waals surface area contributed by atoms with Crippen LogP contribution in [0.25, 0.3) is 0 Å². The molecule has 1 aliphatic heterocycles. The fraction of sp³-hybridized carbons (Fsp3) is 0.909. The van der Waals surface area contributed by atoms with Gasteiger partial charge in [0.25, 0.3) is 0 Å². The van der Waals surface area contributed by atoms with Crippen molar-refractivity contribution in [2.45, 2.75) is 38.3 Å². The van der Waals surface area contributed by atoms with E-state index in [4.69, 9.17) is 5.11 Å². The first-order valence-electron chi connectivity index (χ1n) is 5.69. The van der Waals surface area contributed by atoms with Crippen molar-refractivity contribution in [3.63, 3.8) is 0 Å². The highest BCUT2D eigenvalue weighted by Gasteiger charge is 2.33. The second-order valence-electron chi connectivity index (χ2n) is 4.56. The summed E-state index contributed by atoms with van der Waals surface area (Å²) in [5.74, 6) is -0.678. The van der Waals surface area contributed by atoms with Gasteiger partial charge in [-0.2, -0.15) is 0 Å². The third kappa shape index (κ3) is 3.18. The lowest BCUT2D eigenvalue weighted by Crippen LogP contribution is -2.47. The smallest absolute Gasteiger partial charge is 0.320 e. The van der Waals surface area contributed by atoms with Crippen LogP contribution in [0.3, 0.4) is 0 Å². The molecule has 0 spiro atoms. The summed E-state index contributed by atoms with van der Waals surface area (Å²) >= 11 is 0. The van der Waals surface area contributed by atoms with Crippen molar-refractivity contribution in [2.24, 2.45) is 0 Å². The van der Waals surface area contributed by atoms with Crippen LogP contribution in [0.5, 0.6) is 0 Å². The minimum atomic E-state index is -0.678. The van der Waals surface area contributed by atoms with Gasteiger partial charge in [0, 0.05) is 12.6 Å². The number of hydrogen-bond donors (Lipinski definition) is 1. The van der Waals surface area contributed by atoms with Gasteiger partial charge in [-0.1, -0.05) is 6.92 Å². The third-order valence-electron chi connectivity index (χ3n) is 3.07. The number of nitrogens with zero attached hydrogens (tertiary/aromatic N) is 2. The molecule has 1 saturated heterocycles. The summed E-state index contributed by atoms with van der Waals surface area (Å²) in [5, 5.41) is 9.13. The zero-order valence-corrected chi connectivity index (χ0v) is 9.94. The maximum Gasteiger partial charge on any atom is 0.320 e. The summed E-state index contributed by atoms with van der Waals surface area (Å²) in [6, 6.07) is 0.124. The summed E-state index contributed by atoms with van der Waals surface area (Å²) in [4.78, 5) is 15.4. The van der Waals surface area contributed by atoms with Crippen LogP contribution in [-0.4, -0.2) is 60.1 Å². The molecule has 2 atom stereocenters. The minimum Gasteiger partial charge on any atom is -0.480 e. The molecule has 0 saturated carbocycles. The van der Waals surface area contributed by atoms with Crippen LogP contribution in [0.1, 0.15) is 26.2 Å². The highest BCUT2D eigenvalue weighted by Crippen LogP contribution is 2.22. The number of aliphatic carboxylic acids is 1. The fourth-order valence-corrected chi connectivity index (χ4v) is 2.44. The summed E-state index contributed by atoms with van der Waals surface area (Å²) in [5.41, 5.74) is 0. The predicted octanol–water partition coefficient (Wildman–Crippen LogP) is 0.876. The van der Waals surface area contributed by atoms with E-state index in [-0.39, 0.29) is 6.04 Å². The molecule has 0 aromatic rings. The maximum absolute atomic E-state index is 11.1. The lowest BCUT2D eigenvalue weighted by Gasteiger charge is -2.31. The van der Waals surface area contributed by atoms with E-state index in [1.165, 1.54) is 0 Å². The average molecular weight is 214 g/mol. The molecule has 1 fully saturated rings. The van der Waals surface area contributed by atoms with Crippen LogP contribution >= 0.6 is 0 Å². The first kappa shape index (κ1) is 12.5. The van der Waals surface area contributed by atoms with Gasteiger partial charge in [0.05, 0.1) is 0 Å². The zero-order valence-electron chi connectivity index (χ0n) is 9.94. The molecule has 0 bridgehead atoms. The van der Waals surface area contributed by atoms with Gasteiger partial charge in [-0.05, 0) is 39.9 Å². The van der Waals surface area contributed by atoms with Crippen LogP contribution in [0.4, 0.5) is 0 Å². The van der Waals surface area contributed by atoms with Crippen LogP contribution in [0, 0.1) is 0 Å². The quantitative estimate of drug-likeness (QED) is 0.737. The van der Waals surface area contributed by atoms with Crippen molar-refractivity contribution in [1.29, 1.82) is 0 Å². The molecule has 0 amide bonds. The summed E-state index contributed by atoms with van der Waals surface area (Å²) < 4.78 is 0. The highest BCUT2D eigenvalue weighted by molar-refractivity contribution is 5.73. The molecule has 4 nitrogen and oxygen atoms in total. The zero-order chi connectivity index (χ0) is 11.4. The molecule has 2 unspecified atom stereocenters. The van der Waals surface area contributed by atoms with Crippen molar-refractivity contribution in [3.05, 3.63) is 0 Å². The third-order valence-corrected chi connectivity index (χ3v) is 3.07. The van der Waals surface area contributed by atoms with Crippen LogP contribution in [0.2, 0.25) is 0 Å². The lowest BCUT2D eigenvalue weighted by molar-refractivity contribution is -0.143. The Labute approximate surface area is 91.9 Å². The number of carboxylic acid groups (broad SMARTS) is 1. The Morgan fingerprint density at radius 3 is 2.73 bits per heavy atom. The number of likely N-dealkylation sites (tertiary alicyclic amines) is 1. The Hall–Kier alpha value is -0.610. The monoisotopic (exact) mass is 214 g/mol. The Kier molecular flexibility index (Phi) is 4.54. The van der Waals surface area contributed by atoms with E-state index in [0.717, 1.165) is 25.9 Å². The van der Waals surface area contributed by atoms with Crippen molar-refractivity contribution in [2.75, 3.05) is 27.2 Å². The lowest BCUT2D eigenvalue weighted by atomic mass is 10.1. The van der Waals surface area contributed by atoms with Gasteiger partial charge >= 0.3 is 5.97 Å². The SMILES string of the molecule is CCC(C(=O)O)N1CCCC1CN(C)C. The normalized spacial score (nSPS) is 24.7. The molecule has 0 aliphatic carbocycles. The Bertz CT molecular complexity index is 219. The average Bonchev–Trinajstić information content (AvgIpc) is 2.53. The summed E-state index contributed by atoms with van der Waals surface area (Å²) in [7, 11) is 4.08. The second kappa shape index (κ2) is 5.47. The molecule has 1 rings (SSSR count). The first-order valence-corrected chi connectivity index (χ1v) is 5.69. The molecular formula is C11H22N2O2. The van der Waals surface area contributed by atoms with E-state index in [1.807, 2.05) is 21.0 Å². The van der Waals surface area contributed by atoms with E-state index < -0.39 is 5.97 Å². The van der Waals surface area contributed by atoms with Gasteiger partial charge in [-0.3, -0.25) is 9.69 Å². The Morgan fingerprint density at radius 1 is 1.60 bits per heavy atom. The molecule has 1 N–H and O–H groups in total. The minimum absolute atomic E-state index is 0.294. The second-order valence-corrected chi connectivity index (χ2v) is 4.56. The Morgan fingerprint density at radius 2 is 2.27 bits per heavy atom. The number of hydrogen-bond acceptors (Lipinski definition) is 3. The summed E-state index contributed by atoms with van der Waals surface area (Å²) in [6.45, 7) is 3.84. The highest BCUT2D eigenvalue weighted by atomic mass is 16.4.